The molecular formula is C7H7N3S. The number of aromatic amines is 1. The zero-order valence-electron chi connectivity index (χ0n) is 5.79. The highest BCUT2D eigenvalue weighted by molar-refractivity contribution is 7.71. The smallest absolute Gasteiger partial charge is 0.198 e. The highest BCUT2D eigenvalue weighted by atomic mass is 32.1. The summed E-state index contributed by atoms with van der Waals surface area (Å²) in [6.45, 7) is 0. The van der Waals surface area contributed by atoms with Crippen molar-refractivity contribution in [3.8, 4) is 0 Å². The van der Waals surface area contributed by atoms with E-state index in [4.69, 9.17) is 18.0 Å². The molecule has 0 fully saturated rings. The number of nitrogens with two attached hydrogens (primary N) is 1. The summed E-state index contributed by atoms with van der Waals surface area (Å²) in [5.41, 5.74) is 7.68. The Morgan fingerprint density at radius 2 is 2.45 bits per heavy atom. The lowest BCUT2D eigenvalue weighted by Crippen LogP contribution is -1.99. The minimum absolute atomic E-state index is 0.463. The van der Waals surface area contributed by atoms with Crippen LogP contribution in [0.4, 0.5) is 5.82 Å². The maximum Gasteiger partial charge on any atom is 0.198 e. The summed E-state index contributed by atoms with van der Waals surface area (Å²) < 4.78 is 0.463. The van der Waals surface area contributed by atoms with E-state index in [2.05, 4.69) is 9.97 Å². The Labute approximate surface area is 69.0 Å². The van der Waals surface area contributed by atoms with Crippen LogP contribution < -0.4 is 5.73 Å². The Morgan fingerprint density at radius 3 is 3.27 bits per heavy atom. The molecule has 3 N–H and O–H groups in total. The number of nitrogen functional groups attached to an aromatic ring is 1. The van der Waals surface area contributed by atoms with Crippen LogP contribution in [-0.2, 0) is 6.42 Å². The van der Waals surface area contributed by atoms with Gasteiger partial charge in [0.25, 0.3) is 0 Å². The van der Waals surface area contributed by atoms with Crippen LogP contribution in [-0.4, -0.2) is 9.97 Å². The Morgan fingerprint density at radius 1 is 1.64 bits per heavy atom. The van der Waals surface area contributed by atoms with E-state index in [1.54, 1.807) is 0 Å². The van der Waals surface area contributed by atoms with Crippen molar-refractivity contribution in [2.75, 3.05) is 5.73 Å². The highest BCUT2D eigenvalue weighted by Gasteiger charge is 2.08. The average Bonchev–Trinajstić information content (AvgIpc) is 2.34. The molecule has 0 unspecified atom stereocenters. The fraction of sp³-hybridized carbons (Fsp3) is 0.143. The molecule has 1 aliphatic rings. The molecule has 0 aromatic carbocycles. The minimum Gasteiger partial charge on any atom is -0.383 e. The van der Waals surface area contributed by atoms with Gasteiger partial charge >= 0.3 is 0 Å². The molecule has 11 heavy (non-hydrogen) atoms. The third-order valence-corrected chi connectivity index (χ3v) is 1.88. The van der Waals surface area contributed by atoms with Crippen molar-refractivity contribution in [1.29, 1.82) is 0 Å². The molecule has 0 bridgehead atoms. The monoisotopic (exact) mass is 165 g/mol. The molecule has 1 aliphatic carbocycles. The molecule has 0 spiro atoms. The first-order valence-electron chi connectivity index (χ1n) is 3.32. The number of anilines is 1. The van der Waals surface area contributed by atoms with Gasteiger partial charge in [-0.05, 0) is 12.2 Å². The molecule has 1 heterocycles. The average molecular weight is 165 g/mol. The van der Waals surface area contributed by atoms with Crippen LogP contribution in [0.3, 0.4) is 0 Å². The molecule has 56 valence electrons. The maximum absolute atomic E-state index is 5.62. The molecule has 0 saturated carbocycles. The van der Waals surface area contributed by atoms with Crippen molar-refractivity contribution in [3.63, 3.8) is 0 Å². The van der Waals surface area contributed by atoms with Crippen LogP contribution in [0.2, 0.25) is 0 Å². The second-order valence-corrected chi connectivity index (χ2v) is 2.81. The van der Waals surface area contributed by atoms with Gasteiger partial charge in [-0.2, -0.15) is 0 Å². The van der Waals surface area contributed by atoms with Gasteiger partial charge in [-0.25, -0.2) is 4.98 Å². The van der Waals surface area contributed by atoms with E-state index in [1.807, 2.05) is 12.2 Å². The minimum atomic E-state index is 0.463. The number of allylic oxidation sites excluding steroid dienone is 1. The lowest BCUT2D eigenvalue weighted by Gasteiger charge is -2.00. The molecule has 0 saturated heterocycles. The molecular weight excluding hydrogens is 158 g/mol. The number of hydrogen-bond donors (Lipinski definition) is 2. The highest BCUT2D eigenvalue weighted by Crippen LogP contribution is 2.20. The summed E-state index contributed by atoms with van der Waals surface area (Å²) in [6, 6.07) is 0. The summed E-state index contributed by atoms with van der Waals surface area (Å²) in [5.74, 6) is 0.525. The van der Waals surface area contributed by atoms with Gasteiger partial charge in [-0.15, -0.1) is 0 Å². The molecule has 0 aliphatic heterocycles. The zero-order chi connectivity index (χ0) is 7.84. The first-order valence-corrected chi connectivity index (χ1v) is 3.73. The molecule has 0 radical (unpaired) electrons. The van der Waals surface area contributed by atoms with Gasteiger partial charge in [-0.3, -0.25) is 0 Å². The lowest BCUT2D eigenvalue weighted by atomic mass is 10.2. The van der Waals surface area contributed by atoms with E-state index in [0.29, 0.717) is 10.6 Å². The van der Waals surface area contributed by atoms with Crippen molar-refractivity contribution in [3.05, 3.63) is 22.1 Å². The second-order valence-electron chi connectivity index (χ2n) is 2.43. The number of H-pyrrole nitrogens is 1. The van der Waals surface area contributed by atoms with Crippen LogP contribution in [0.1, 0.15) is 11.3 Å². The number of rotatable bonds is 0. The van der Waals surface area contributed by atoms with Crippen LogP contribution in [0.15, 0.2) is 6.08 Å². The quantitative estimate of drug-likeness (QED) is 0.569. The van der Waals surface area contributed by atoms with Gasteiger partial charge in [0.2, 0.25) is 0 Å². The first kappa shape index (κ1) is 6.54. The molecule has 1 aromatic heterocycles. The van der Waals surface area contributed by atoms with E-state index < -0.39 is 0 Å². The van der Waals surface area contributed by atoms with Gasteiger partial charge in [0.05, 0.1) is 0 Å². The van der Waals surface area contributed by atoms with Crippen molar-refractivity contribution in [1.82, 2.24) is 9.97 Å². The predicted molar refractivity (Wildman–Crippen MR) is 46.6 cm³/mol. The Hall–Kier alpha value is -1.16. The first-order chi connectivity index (χ1) is 5.27. The fourth-order valence-electron chi connectivity index (χ4n) is 1.19. The molecule has 2 rings (SSSR count). The molecule has 3 nitrogen and oxygen atoms in total. The van der Waals surface area contributed by atoms with Crippen LogP contribution in [0, 0.1) is 4.77 Å². The third-order valence-electron chi connectivity index (χ3n) is 1.69. The van der Waals surface area contributed by atoms with E-state index in [0.717, 1.165) is 17.7 Å². The number of fused-ring (bicyclic) bond motifs is 1. The van der Waals surface area contributed by atoms with Gasteiger partial charge < -0.3 is 10.7 Å². The summed E-state index contributed by atoms with van der Waals surface area (Å²) in [4.78, 5) is 6.92. The SMILES string of the molecule is Nc1nc(=S)[nH]c2c1C=CC2. The summed E-state index contributed by atoms with van der Waals surface area (Å²) in [7, 11) is 0. The van der Waals surface area contributed by atoms with E-state index in [9.17, 15) is 0 Å². The predicted octanol–water partition coefficient (Wildman–Crippen LogP) is 1.29. The Kier molecular flexibility index (Phi) is 1.29. The van der Waals surface area contributed by atoms with Gasteiger partial charge in [0, 0.05) is 17.7 Å². The Bertz CT molecular complexity index is 378. The number of nitrogens with zero attached hydrogens (tertiary/aromatic N) is 1. The van der Waals surface area contributed by atoms with Crippen molar-refractivity contribution >= 4 is 24.1 Å². The van der Waals surface area contributed by atoms with E-state index in [-0.39, 0.29) is 0 Å². The topological polar surface area (TPSA) is 54.7 Å². The van der Waals surface area contributed by atoms with Gasteiger partial charge in [0.15, 0.2) is 4.77 Å². The van der Waals surface area contributed by atoms with Crippen LogP contribution in [0.5, 0.6) is 0 Å². The van der Waals surface area contributed by atoms with Crippen molar-refractivity contribution in [2.24, 2.45) is 0 Å². The maximum atomic E-state index is 5.62. The standard InChI is InChI=1S/C7H7N3S/c8-6-4-2-1-3-5(4)9-7(11)10-6/h1-2H,3H2,(H3,8,9,10,11). The number of hydrogen-bond acceptors (Lipinski definition) is 3. The third kappa shape index (κ3) is 0.952. The summed E-state index contributed by atoms with van der Waals surface area (Å²) >= 11 is 4.87. The normalized spacial score (nSPS) is 13.5. The van der Waals surface area contributed by atoms with Crippen LogP contribution >= 0.6 is 12.2 Å². The number of nitrogens with one attached hydrogen (secondary N) is 1. The lowest BCUT2D eigenvalue weighted by molar-refractivity contribution is 1.05. The summed E-state index contributed by atoms with van der Waals surface area (Å²) in [5, 5.41) is 0. The largest absolute Gasteiger partial charge is 0.383 e. The molecule has 0 atom stereocenters. The fourth-order valence-corrected chi connectivity index (χ4v) is 1.41. The zero-order valence-corrected chi connectivity index (χ0v) is 6.61. The van der Waals surface area contributed by atoms with E-state index >= 15 is 0 Å². The van der Waals surface area contributed by atoms with Crippen molar-refractivity contribution in [2.45, 2.75) is 6.42 Å². The summed E-state index contributed by atoms with van der Waals surface area (Å²) in [6.07, 6.45) is 4.88. The van der Waals surface area contributed by atoms with Gasteiger partial charge in [-0.1, -0.05) is 12.2 Å². The Balaban J connectivity index is 2.76. The second kappa shape index (κ2) is 2.17. The molecule has 1 aromatic rings. The number of aromatic nitrogens is 2. The van der Waals surface area contributed by atoms with E-state index in [1.165, 1.54) is 0 Å². The van der Waals surface area contributed by atoms with Gasteiger partial charge in [0.1, 0.15) is 5.82 Å². The molecule has 4 heteroatoms. The molecule has 0 amide bonds. The van der Waals surface area contributed by atoms with Crippen molar-refractivity contribution < 1.29 is 0 Å². The van der Waals surface area contributed by atoms with Crippen LogP contribution in [0.25, 0.3) is 6.08 Å².